The summed E-state index contributed by atoms with van der Waals surface area (Å²) in [6.45, 7) is 5.53. The van der Waals surface area contributed by atoms with Gasteiger partial charge in [0.15, 0.2) is 11.7 Å². The zero-order valence-corrected chi connectivity index (χ0v) is 16.1. The summed E-state index contributed by atoms with van der Waals surface area (Å²) < 4.78 is 5.29. The third-order valence-electron chi connectivity index (χ3n) is 3.25. The van der Waals surface area contributed by atoms with Crippen molar-refractivity contribution in [2.75, 3.05) is 13.6 Å². The second-order valence-electron chi connectivity index (χ2n) is 5.34. The molecule has 0 radical (unpaired) electrons. The largest absolute Gasteiger partial charge is 0.359 e. The van der Waals surface area contributed by atoms with Gasteiger partial charge in [-0.05, 0) is 24.0 Å². The summed E-state index contributed by atoms with van der Waals surface area (Å²) in [5.41, 5.74) is 2.17. The number of nitrogens with one attached hydrogen (secondary N) is 2. The number of hydrogen-bond donors (Lipinski definition) is 2. The van der Waals surface area contributed by atoms with Crippen LogP contribution in [0.15, 0.2) is 40.1 Å². The van der Waals surface area contributed by atoms with Gasteiger partial charge in [-0.1, -0.05) is 25.1 Å². The van der Waals surface area contributed by atoms with Crippen LogP contribution >= 0.6 is 24.0 Å². The molecule has 2 rings (SSSR count). The summed E-state index contributed by atoms with van der Waals surface area (Å²) in [5.74, 6) is 1.92. The molecule has 23 heavy (non-hydrogen) atoms. The molecular weight excluding hydrogens is 405 g/mol. The predicted molar refractivity (Wildman–Crippen MR) is 102 cm³/mol. The molecule has 2 N–H and O–H groups in total. The Labute approximate surface area is 154 Å². The van der Waals surface area contributed by atoms with Crippen molar-refractivity contribution in [3.05, 3.63) is 47.6 Å². The molecule has 6 nitrogen and oxygen atoms in total. The van der Waals surface area contributed by atoms with Crippen LogP contribution in [0.3, 0.4) is 0 Å². The summed E-state index contributed by atoms with van der Waals surface area (Å²) in [6, 6.07) is 5.98. The summed E-state index contributed by atoms with van der Waals surface area (Å²) in [5, 5.41) is 10.5. The van der Waals surface area contributed by atoms with E-state index in [1.54, 1.807) is 13.2 Å². The highest BCUT2D eigenvalue weighted by Gasteiger charge is 2.08. The van der Waals surface area contributed by atoms with E-state index in [-0.39, 0.29) is 24.0 Å². The molecule has 0 aliphatic carbocycles. The van der Waals surface area contributed by atoms with E-state index in [0.717, 1.165) is 30.4 Å². The van der Waals surface area contributed by atoms with Gasteiger partial charge in [0.05, 0.1) is 12.2 Å². The minimum absolute atomic E-state index is 0. The van der Waals surface area contributed by atoms with Gasteiger partial charge in [0.25, 0.3) is 0 Å². The van der Waals surface area contributed by atoms with Crippen LogP contribution < -0.4 is 10.6 Å². The summed E-state index contributed by atoms with van der Waals surface area (Å²) >= 11 is 0. The quantitative estimate of drug-likeness (QED) is 0.420. The molecule has 0 spiro atoms. The molecule has 0 aromatic carbocycles. The lowest BCUT2D eigenvalue weighted by atomic mass is 10.1. The number of halogens is 1. The average Bonchev–Trinajstić information content (AvgIpc) is 3.01. The third-order valence-corrected chi connectivity index (χ3v) is 3.25. The van der Waals surface area contributed by atoms with Gasteiger partial charge in [0.2, 0.25) is 0 Å². The molecule has 0 saturated carbocycles. The van der Waals surface area contributed by atoms with Crippen LogP contribution in [0.2, 0.25) is 0 Å². The Morgan fingerprint density at radius 3 is 2.78 bits per heavy atom. The fourth-order valence-electron chi connectivity index (χ4n) is 1.95. The van der Waals surface area contributed by atoms with E-state index in [2.05, 4.69) is 45.7 Å². The predicted octanol–water partition coefficient (Wildman–Crippen LogP) is 2.72. The van der Waals surface area contributed by atoms with E-state index in [0.29, 0.717) is 12.5 Å². The van der Waals surface area contributed by atoms with Crippen molar-refractivity contribution in [2.24, 2.45) is 4.99 Å². The van der Waals surface area contributed by atoms with E-state index < -0.39 is 0 Å². The highest BCUT2D eigenvalue weighted by Crippen LogP contribution is 2.13. The minimum Gasteiger partial charge on any atom is -0.359 e. The van der Waals surface area contributed by atoms with Gasteiger partial charge in [0, 0.05) is 32.1 Å². The van der Waals surface area contributed by atoms with Gasteiger partial charge in [-0.25, -0.2) is 0 Å². The molecule has 0 fully saturated rings. The maximum Gasteiger partial charge on any atom is 0.191 e. The molecule has 0 atom stereocenters. The number of aromatic nitrogens is 2. The van der Waals surface area contributed by atoms with Gasteiger partial charge in [-0.2, -0.15) is 0 Å². The van der Waals surface area contributed by atoms with Gasteiger partial charge in [0.1, 0.15) is 0 Å². The SMILES string of the molecule is CN=C(NCCc1cccnc1)NCc1cc(C(C)C)no1.I. The minimum atomic E-state index is 0. The van der Waals surface area contributed by atoms with Crippen LogP contribution in [0, 0.1) is 0 Å². The first-order valence-electron chi connectivity index (χ1n) is 7.48. The van der Waals surface area contributed by atoms with E-state index in [9.17, 15) is 0 Å². The number of hydrogen-bond acceptors (Lipinski definition) is 4. The van der Waals surface area contributed by atoms with Crippen molar-refractivity contribution in [3.8, 4) is 0 Å². The molecular formula is C16H24IN5O. The third kappa shape index (κ3) is 6.55. The highest BCUT2D eigenvalue weighted by molar-refractivity contribution is 14.0. The highest BCUT2D eigenvalue weighted by atomic mass is 127. The molecule has 0 unspecified atom stereocenters. The summed E-state index contributed by atoms with van der Waals surface area (Å²) in [6.07, 6.45) is 4.55. The zero-order chi connectivity index (χ0) is 15.8. The second kappa shape index (κ2) is 10.2. The fraction of sp³-hybridized carbons (Fsp3) is 0.438. The Hall–Kier alpha value is -1.64. The molecule has 126 valence electrons. The van der Waals surface area contributed by atoms with Gasteiger partial charge >= 0.3 is 0 Å². The lowest BCUT2D eigenvalue weighted by molar-refractivity contribution is 0.372. The number of pyridine rings is 1. The molecule has 7 heteroatoms. The normalized spacial score (nSPS) is 11.2. The molecule has 2 heterocycles. The van der Waals surface area contributed by atoms with E-state index >= 15 is 0 Å². The molecule has 2 aromatic heterocycles. The Morgan fingerprint density at radius 1 is 1.35 bits per heavy atom. The molecule has 0 bridgehead atoms. The smallest absolute Gasteiger partial charge is 0.191 e. The van der Waals surface area contributed by atoms with Crippen LogP contribution in [0.4, 0.5) is 0 Å². The van der Waals surface area contributed by atoms with E-state index in [1.807, 2.05) is 18.3 Å². The van der Waals surface area contributed by atoms with Crippen LogP contribution in [0.25, 0.3) is 0 Å². The number of aliphatic imine (C=N–C) groups is 1. The number of nitrogens with zero attached hydrogens (tertiary/aromatic N) is 3. The Kier molecular flexibility index (Phi) is 8.60. The van der Waals surface area contributed by atoms with Gasteiger partial charge < -0.3 is 15.2 Å². The van der Waals surface area contributed by atoms with Crippen LogP contribution in [-0.4, -0.2) is 29.7 Å². The maximum absolute atomic E-state index is 5.29. The Bertz CT molecular complexity index is 598. The molecule has 0 aliphatic heterocycles. The molecule has 2 aromatic rings. The second-order valence-corrected chi connectivity index (χ2v) is 5.34. The van der Waals surface area contributed by atoms with Crippen molar-refractivity contribution in [1.82, 2.24) is 20.8 Å². The first kappa shape index (κ1) is 19.4. The maximum atomic E-state index is 5.29. The van der Waals surface area contributed by atoms with E-state index in [4.69, 9.17) is 4.52 Å². The Balaban J connectivity index is 0.00000264. The Morgan fingerprint density at radius 2 is 2.17 bits per heavy atom. The van der Waals surface area contributed by atoms with Crippen LogP contribution in [0.1, 0.15) is 36.8 Å². The van der Waals surface area contributed by atoms with Gasteiger partial charge in [-0.15, -0.1) is 24.0 Å². The first-order valence-corrected chi connectivity index (χ1v) is 7.48. The van der Waals surface area contributed by atoms with Crippen molar-refractivity contribution < 1.29 is 4.52 Å². The molecule has 0 saturated heterocycles. The van der Waals surface area contributed by atoms with Crippen molar-refractivity contribution in [3.63, 3.8) is 0 Å². The molecule has 0 amide bonds. The van der Waals surface area contributed by atoms with Crippen LogP contribution in [-0.2, 0) is 13.0 Å². The average molecular weight is 429 g/mol. The van der Waals surface area contributed by atoms with Gasteiger partial charge in [-0.3, -0.25) is 9.98 Å². The number of guanidine groups is 1. The summed E-state index contributed by atoms with van der Waals surface area (Å²) in [4.78, 5) is 8.30. The van der Waals surface area contributed by atoms with E-state index in [1.165, 1.54) is 5.56 Å². The lowest BCUT2D eigenvalue weighted by Crippen LogP contribution is -2.37. The van der Waals surface area contributed by atoms with Crippen molar-refractivity contribution in [1.29, 1.82) is 0 Å². The standard InChI is InChI=1S/C16H23N5O.HI/c1-12(2)15-9-14(22-21-15)11-20-16(17-3)19-8-6-13-5-4-7-18-10-13;/h4-5,7,9-10,12H,6,8,11H2,1-3H3,(H2,17,19,20);1H. The fourth-order valence-corrected chi connectivity index (χ4v) is 1.95. The van der Waals surface area contributed by atoms with Crippen molar-refractivity contribution >= 4 is 29.9 Å². The first-order chi connectivity index (χ1) is 10.7. The van der Waals surface area contributed by atoms with Crippen molar-refractivity contribution in [2.45, 2.75) is 32.7 Å². The molecule has 0 aliphatic rings. The monoisotopic (exact) mass is 429 g/mol. The summed E-state index contributed by atoms with van der Waals surface area (Å²) in [7, 11) is 1.75. The lowest BCUT2D eigenvalue weighted by Gasteiger charge is -2.10. The number of rotatable bonds is 6. The topological polar surface area (TPSA) is 75.3 Å². The zero-order valence-electron chi connectivity index (χ0n) is 13.7. The van der Waals surface area contributed by atoms with Crippen LogP contribution in [0.5, 0.6) is 0 Å².